The Morgan fingerprint density at radius 2 is 1.95 bits per heavy atom. The van der Waals surface area contributed by atoms with Gasteiger partial charge in [-0.3, -0.25) is 4.79 Å². The first-order valence-corrected chi connectivity index (χ1v) is 12.9. The molecule has 0 atom stereocenters. The van der Waals surface area contributed by atoms with Crippen LogP contribution in [0.1, 0.15) is 34.2 Å². The molecule has 0 aliphatic rings. The zero-order valence-corrected chi connectivity index (χ0v) is 23.0. The number of ether oxygens (including phenoxy) is 2. The Bertz CT molecular complexity index is 1480. The molecule has 3 aromatic carbocycles. The van der Waals surface area contributed by atoms with Gasteiger partial charge in [-0.2, -0.15) is 5.10 Å². The van der Waals surface area contributed by atoms with Crippen LogP contribution in [0.25, 0.3) is 11.0 Å². The van der Waals surface area contributed by atoms with Gasteiger partial charge in [-0.25, -0.2) is 5.43 Å². The quantitative estimate of drug-likeness (QED) is 0.114. The van der Waals surface area contributed by atoms with Crippen molar-refractivity contribution in [1.29, 1.82) is 0 Å². The molecule has 4 rings (SSSR count). The number of hydrogen-bond acceptors (Lipinski definition) is 5. The number of benzene rings is 3. The molecule has 0 aliphatic heterocycles. The molecule has 0 saturated carbocycles. The summed E-state index contributed by atoms with van der Waals surface area (Å²) in [5.41, 5.74) is 5.57. The number of nitrogens with zero attached hydrogens (tertiary/aromatic N) is 1. The maximum absolute atomic E-state index is 12.5. The molecule has 4 aromatic rings. The fraction of sp³-hybridized carbons (Fsp3) is 0.143. The number of rotatable bonds is 10. The summed E-state index contributed by atoms with van der Waals surface area (Å²) >= 11 is 15.6. The third-order valence-electron chi connectivity index (χ3n) is 5.27. The molecule has 190 valence electrons. The van der Waals surface area contributed by atoms with E-state index in [1.54, 1.807) is 36.4 Å². The van der Waals surface area contributed by atoms with Crippen molar-refractivity contribution < 1.29 is 18.7 Å². The standard InChI is InChI=1S/C28H23BrCl2N2O4/c1-3-5-19-10-18(15-32-33-28(34)26-14-20-13-21(29)7-9-24(20)37-26)12-25(35-4-2)27(19)36-16-17-6-8-22(30)23(31)11-17/h3,6-15H,1,4-5,16H2,2H3,(H,33,34)/b32-15+. The van der Waals surface area contributed by atoms with Gasteiger partial charge in [-0.05, 0) is 73.0 Å². The van der Waals surface area contributed by atoms with Crippen LogP contribution < -0.4 is 14.9 Å². The number of allylic oxidation sites excluding steroid dienone is 1. The lowest BCUT2D eigenvalue weighted by molar-refractivity contribution is 0.0929. The highest BCUT2D eigenvalue weighted by molar-refractivity contribution is 9.10. The van der Waals surface area contributed by atoms with Crippen molar-refractivity contribution >= 4 is 62.2 Å². The van der Waals surface area contributed by atoms with E-state index in [-0.39, 0.29) is 12.4 Å². The molecule has 1 amide bonds. The maximum atomic E-state index is 12.5. The molecular formula is C28H23BrCl2N2O4. The Morgan fingerprint density at radius 3 is 2.70 bits per heavy atom. The molecule has 0 saturated heterocycles. The number of nitrogens with one attached hydrogen (secondary N) is 1. The second-order valence-electron chi connectivity index (χ2n) is 7.96. The van der Waals surface area contributed by atoms with Gasteiger partial charge in [-0.15, -0.1) is 6.58 Å². The summed E-state index contributed by atoms with van der Waals surface area (Å²) < 4.78 is 18.5. The highest BCUT2D eigenvalue weighted by atomic mass is 79.9. The van der Waals surface area contributed by atoms with Crippen molar-refractivity contribution in [2.75, 3.05) is 6.61 Å². The average molecular weight is 602 g/mol. The predicted octanol–water partition coefficient (Wildman–Crippen LogP) is 7.97. The Labute approximate surface area is 233 Å². The highest BCUT2D eigenvalue weighted by Gasteiger charge is 2.15. The largest absolute Gasteiger partial charge is 0.490 e. The normalized spacial score (nSPS) is 11.1. The van der Waals surface area contributed by atoms with E-state index in [0.29, 0.717) is 40.2 Å². The Hall–Kier alpha value is -3.26. The zero-order valence-electron chi connectivity index (χ0n) is 19.9. The number of furan rings is 1. The van der Waals surface area contributed by atoms with Gasteiger partial charge in [0.05, 0.1) is 22.9 Å². The van der Waals surface area contributed by atoms with E-state index in [2.05, 4.69) is 33.0 Å². The number of amides is 1. The second-order valence-corrected chi connectivity index (χ2v) is 9.69. The first kappa shape index (κ1) is 26.8. The molecular weight excluding hydrogens is 579 g/mol. The molecule has 0 radical (unpaired) electrons. The van der Waals surface area contributed by atoms with E-state index < -0.39 is 5.91 Å². The van der Waals surface area contributed by atoms with Crippen molar-refractivity contribution in [3.8, 4) is 11.5 Å². The number of carbonyl (C=O) groups is 1. The summed E-state index contributed by atoms with van der Waals surface area (Å²) in [6.07, 6.45) is 3.86. The Kier molecular flexibility index (Phi) is 8.92. The molecule has 6 nitrogen and oxygen atoms in total. The lowest BCUT2D eigenvalue weighted by atomic mass is 10.1. The summed E-state index contributed by atoms with van der Waals surface area (Å²) in [4.78, 5) is 12.5. The SMILES string of the molecule is C=CCc1cc(/C=N/NC(=O)c2cc3cc(Br)ccc3o2)cc(OCC)c1OCc1ccc(Cl)c(Cl)c1. The first-order chi connectivity index (χ1) is 17.9. The van der Waals surface area contributed by atoms with E-state index in [9.17, 15) is 4.79 Å². The van der Waals surface area contributed by atoms with Crippen LogP contribution in [0.5, 0.6) is 11.5 Å². The number of carbonyl (C=O) groups excluding carboxylic acids is 1. The van der Waals surface area contributed by atoms with E-state index in [4.69, 9.17) is 37.1 Å². The van der Waals surface area contributed by atoms with Crippen molar-refractivity contribution in [2.24, 2.45) is 5.10 Å². The van der Waals surface area contributed by atoms with Crippen LogP contribution in [0.2, 0.25) is 10.0 Å². The lowest BCUT2D eigenvalue weighted by Gasteiger charge is -2.17. The molecule has 37 heavy (non-hydrogen) atoms. The van der Waals surface area contributed by atoms with E-state index in [1.165, 1.54) is 6.21 Å². The number of fused-ring (bicyclic) bond motifs is 1. The van der Waals surface area contributed by atoms with Crippen molar-refractivity contribution in [3.05, 3.63) is 104 Å². The third-order valence-corrected chi connectivity index (χ3v) is 6.50. The Morgan fingerprint density at radius 1 is 1.11 bits per heavy atom. The molecule has 0 fully saturated rings. The summed E-state index contributed by atoms with van der Waals surface area (Å²) in [6.45, 7) is 6.46. The molecule has 0 unspecified atom stereocenters. The van der Waals surface area contributed by atoms with E-state index >= 15 is 0 Å². The van der Waals surface area contributed by atoms with Crippen LogP contribution in [0, 0.1) is 0 Å². The fourth-order valence-corrected chi connectivity index (χ4v) is 4.32. The molecule has 1 aromatic heterocycles. The highest BCUT2D eigenvalue weighted by Crippen LogP contribution is 2.35. The molecule has 0 spiro atoms. The van der Waals surface area contributed by atoms with Crippen molar-refractivity contribution in [3.63, 3.8) is 0 Å². The van der Waals surface area contributed by atoms with Gasteiger partial charge in [0, 0.05) is 15.4 Å². The zero-order chi connectivity index (χ0) is 26.4. The minimum Gasteiger partial charge on any atom is -0.490 e. The van der Waals surface area contributed by atoms with Gasteiger partial charge in [0.15, 0.2) is 17.3 Å². The van der Waals surface area contributed by atoms with Crippen molar-refractivity contribution in [1.82, 2.24) is 5.43 Å². The van der Waals surface area contributed by atoms with Gasteiger partial charge in [0.1, 0.15) is 12.2 Å². The fourth-order valence-electron chi connectivity index (χ4n) is 3.62. The maximum Gasteiger partial charge on any atom is 0.307 e. The van der Waals surface area contributed by atoms with Crippen LogP contribution >= 0.6 is 39.1 Å². The molecule has 0 bridgehead atoms. The monoisotopic (exact) mass is 600 g/mol. The van der Waals surface area contributed by atoms with Gasteiger partial charge >= 0.3 is 5.91 Å². The number of hydrogen-bond donors (Lipinski definition) is 1. The molecule has 9 heteroatoms. The minimum atomic E-state index is -0.457. The lowest BCUT2D eigenvalue weighted by Crippen LogP contribution is -2.16. The van der Waals surface area contributed by atoms with Gasteiger partial charge in [0.25, 0.3) is 0 Å². The van der Waals surface area contributed by atoms with Gasteiger partial charge < -0.3 is 13.9 Å². The smallest absolute Gasteiger partial charge is 0.307 e. The summed E-state index contributed by atoms with van der Waals surface area (Å²) in [7, 11) is 0. The molecule has 1 heterocycles. The van der Waals surface area contributed by atoms with Gasteiger partial charge in [0.2, 0.25) is 0 Å². The van der Waals surface area contributed by atoms with Crippen LogP contribution in [0.15, 0.2) is 81.2 Å². The van der Waals surface area contributed by atoms with E-state index in [0.717, 1.165) is 26.5 Å². The summed E-state index contributed by atoms with van der Waals surface area (Å²) in [5.74, 6) is 0.861. The van der Waals surface area contributed by atoms with Crippen LogP contribution in [-0.2, 0) is 13.0 Å². The topological polar surface area (TPSA) is 73.1 Å². The third kappa shape index (κ3) is 6.74. The van der Waals surface area contributed by atoms with Gasteiger partial charge in [-0.1, -0.05) is 51.3 Å². The van der Waals surface area contributed by atoms with Crippen LogP contribution in [-0.4, -0.2) is 18.7 Å². The Balaban J connectivity index is 1.53. The van der Waals surface area contributed by atoms with Crippen LogP contribution in [0.4, 0.5) is 0 Å². The minimum absolute atomic E-state index is 0.165. The van der Waals surface area contributed by atoms with Crippen molar-refractivity contribution in [2.45, 2.75) is 20.0 Å². The molecule has 1 N–H and O–H groups in total. The van der Waals surface area contributed by atoms with Crippen LogP contribution in [0.3, 0.4) is 0 Å². The number of halogens is 3. The summed E-state index contributed by atoms with van der Waals surface area (Å²) in [5, 5.41) is 5.87. The summed E-state index contributed by atoms with van der Waals surface area (Å²) in [6, 6.07) is 16.2. The van der Waals surface area contributed by atoms with E-state index in [1.807, 2.05) is 31.2 Å². The first-order valence-electron chi connectivity index (χ1n) is 11.4. The second kappa shape index (κ2) is 12.3. The number of hydrazone groups is 1. The predicted molar refractivity (Wildman–Crippen MR) is 151 cm³/mol. The molecule has 0 aliphatic carbocycles. The average Bonchev–Trinajstić information content (AvgIpc) is 3.29.